The van der Waals surface area contributed by atoms with Gasteiger partial charge in [-0.05, 0) is 54.5 Å². The third kappa shape index (κ3) is 11.3. The molecule has 1 aliphatic heterocycles. The quantitative estimate of drug-likeness (QED) is 0.407. The number of carbonyl (C=O) groups is 4. The number of cyclic esters (lactones) is 1. The van der Waals surface area contributed by atoms with Crippen LogP contribution in [0.1, 0.15) is 68.7 Å². The summed E-state index contributed by atoms with van der Waals surface area (Å²) in [4.78, 5) is 52.5. The molecule has 2 N–H and O–H groups in total. The number of rotatable bonds is 7. The first kappa shape index (κ1) is 33.5. The predicted octanol–water partition coefficient (Wildman–Crippen LogP) is 5.68. The van der Waals surface area contributed by atoms with Gasteiger partial charge in [0.15, 0.2) is 0 Å². The zero-order valence-electron chi connectivity index (χ0n) is 26.1. The second-order valence-corrected chi connectivity index (χ2v) is 12.0. The molecule has 0 aliphatic carbocycles. The fraction of sp³-hybridized carbons (Fsp3) is 0.444. The summed E-state index contributed by atoms with van der Waals surface area (Å²) in [6.45, 7) is 10.1. The number of hydrogen-bond acceptors (Lipinski definition) is 5. The molecule has 4 atom stereocenters. The Morgan fingerprint density at radius 2 is 1.72 bits per heavy atom. The van der Waals surface area contributed by atoms with Crippen molar-refractivity contribution in [2.45, 2.75) is 78.9 Å². The average Bonchev–Trinajstić information content (AvgIpc) is 2.96. The highest BCUT2D eigenvalue weighted by atomic mass is 16.5. The first-order chi connectivity index (χ1) is 20.5. The minimum atomic E-state index is -0.808. The van der Waals surface area contributed by atoms with E-state index in [9.17, 15) is 19.2 Å². The van der Waals surface area contributed by atoms with Crippen LogP contribution in [0.2, 0.25) is 0 Å². The van der Waals surface area contributed by atoms with Gasteiger partial charge in [0.1, 0.15) is 17.9 Å². The van der Waals surface area contributed by atoms with Crippen LogP contribution in [0.4, 0.5) is 0 Å². The summed E-state index contributed by atoms with van der Waals surface area (Å²) in [5.41, 5.74) is 4.21. The van der Waals surface area contributed by atoms with Gasteiger partial charge in [-0.3, -0.25) is 19.2 Å². The number of carbonyl (C=O) groups excluding carboxylic acids is 4. The summed E-state index contributed by atoms with van der Waals surface area (Å²) < 4.78 is 6.04. The van der Waals surface area contributed by atoms with Gasteiger partial charge in [0.2, 0.25) is 11.8 Å². The van der Waals surface area contributed by atoms with Gasteiger partial charge in [0.05, 0.1) is 5.92 Å². The van der Waals surface area contributed by atoms with E-state index in [4.69, 9.17) is 4.74 Å². The maximum Gasteiger partial charge on any atom is 0.309 e. The molecule has 2 amide bonds. The predicted molar refractivity (Wildman–Crippen MR) is 170 cm³/mol. The minimum absolute atomic E-state index is 0.0620. The molecule has 3 rings (SSSR count). The molecular formula is C36H46N2O5. The van der Waals surface area contributed by atoms with Crippen LogP contribution in [0, 0.1) is 31.6 Å². The van der Waals surface area contributed by atoms with E-state index in [-0.39, 0.29) is 42.9 Å². The summed E-state index contributed by atoms with van der Waals surface area (Å²) in [5.74, 6) is -1.83. The van der Waals surface area contributed by atoms with E-state index >= 15 is 0 Å². The van der Waals surface area contributed by atoms with Crippen molar-refractivity contribution in [2.24, 2.45) is 17.8 Å². The molecule has 2 aromatic rings. The molecule has 0 saturated heterocycles. The zero-order chi connectivity index (χ0) is 31.4. The highest BCUT2D eigenvalue weighted by molar-refractivity contribution is 5.93. The maximum atomic E-state index is 13.4. The van der Waals surface area contributed by atoms with E-state index in [1.165, 1.54) is 6.08 Å². The van der Waals surface area contributed by atoms with Gasteiger partial charge in [0, 0.05) is 38.1 Å². The summed E-state index contributed by atoms with van der Waals surface area (Å²) in [7, 11) is 0. The lowest BCUT2D eigenvalue weighted by Gasteiger charge is -2.25. The summed E-state index contributed by atoms with van der Waals surface area (Å²) in [6, 6.07) is 15.0. The van der Waals surface area contributed by atoms with Crippen LogP contribution >= 0.6 is 0 Å². The van der Waals surface area contributed by atoms with Crippen molar-refractivity contribution in [3.05, 3.63) is 89.0 Å². The number of Topliss-reactive ketones (excluding diaryl/α,β-unsaturated/α-hetero) is 1. The van der Waals surface area contributed by atoms with E-state index in [1.54, 1.807) is 6.08 Å². The molecule has 0 spiro atoms. The molecule has 0 unspecified atom stereocenters. The largest absolute Gasteiger partial charge is 0.461 e. The summed E-state index contributed by atoms with van der Waals surface area (Å²) >= 11 is 0. The minimum Gasteiger partial charge on any atom is -0.461 e. The van der Waals surface area contributed by atoms with Crippen LogP contribution in [0.25, 0.3) is 6.08 Å². The van der Waals surface area contributed by atoms with Gasteiger partial charge < -0.3 is 15.4 Å². The molecular weight excluding hydrogens is 540 g/mol. The molecule has 1 aliphatic rings. The molecule has 1 heterocycles. The van der Waals surface area contributed by atoms with Crippen LogP contribution in [0.15, 0.2) is 66.8 Å². The Kier molecular flexibility index (Phi) is 12.9. The zero-order valence-corrected chi connectivity index (χ0v) is 26.1. The smallest absolute Gasteiger partial charge is 0.309 e. The van der Waals surface area contributed by atoms with E-state index in [0.29, 0.717) is 19.3 Å². The number of hydrogen-bond donors (Lipinski definition) is 2. The lowest BCUT2D eigenvalue weighted by Crippen LogP contribution is -2.48. The van der Waals surface area contributed by atoms with Crippen molar-refractivity contribution in [3.8, 4) is 0 Å². The molecule has 2 aromatic carbocycles. The first-order valence-corrected chi connectivity index (χ1v) is 15.3. The molecule has 0 fully saturated rings. The Morgan fingerprint density at radius 1 is 0.977 bits per heavy atom. The number of aryl methyl sites for hydroxylation is 2. The Balaban J connectivity index is 1.86. The fourth-order valence-electron chi connectivity index (χ4n) is 5.13. The Morgan fingerprint density at radius 3 is 2.42 bits per heavy atom. The monoisotopic (exact) mass is 586 g/mol. The van der Waals surface area contributed by atoms with E-state index in [1.807, 2.05) is 95.3 Å². The SMILES string of the molecule is Cc1ccc(C[C@H]2NC(=O)/C=C/C[C@@H]([C@H](C)/C=C/c3ccccc3)OC(=O)[C@H](CC(C)C)CC(=O)CCNC2=O)cc1C. The number of nitrogens with one attached hydrogen (secondary N) is 2. The Hall–Kier alpha value is -4.00. The number of ether oxygens (including phenoxy) is 1. The van der Waals surface area contributed by atoms with Gasteiger partial charge in [0.25, 0.3) is 0 Å². The van der Waals surface area contributed by atoms with Gasteiger partial charge in [-0.1, -0.05) is 87.5 Å². The fourth-order valence-corrected chi connectivity index (χ4v) is 5.13. The van der Waals surface area contributed by atoms with Crippen molar-refractivity contribution in [1.29, 1.82) is 0 Å². The van der Waals surface area contributed by atoms with Crippen LogP contribution in [0.5, 0.6) is 0 Å². The van der Waals surface area contributed by atoms with Crippen molar-refractivity contribution < 1.29 is 23.9 Å². The highest BCUT2D eigenvalue weighted by Gasteiger charge is 2.29. The van der Waals surface area contributed by atoms with Crippen LogP contribution in [-0.2, 0) is 30.3 Å². The number of esters is 1. The average molecular weight is 587 g/mol. The molecule has 7 heteroatoms. The third-order valence-electron chi connectivity index (χ3n) is 7.79. The van der Waals surface area contributed by atoms with Crippen molar-refractivity contribution in [1.82, 2.24) is 10.6 Å². The van der Waals surface area contributed by atoms with E-state index in [0.717, 1.165) is 22.3 Å². The first-order valence-electron chi connectivity index (χ1n) is 15.3. The van der Waals surface area contributed by atoms with Crippen molar-refractivity contribution in [2.75, 3.05) is 6.54 Å². The number of amides is 2. The molecule has 0 aromatic heterocycles. The van der Waals surface area contributed by atoms with Gasteiger partial charge in [-0.25, -0.2) is 0 Å². The van der Waals surface area contributed by atoms with Crippen molar-refractivity contribution >= 4 is 29.6 Å². The van der Waals surface area contributed by atoms with Gasteiger partial charge >= 0.3 is 5.97 Å². The third-order valence-corrected chi connectivity index (χ3v) is 7.79. The number of ketones is 1. The van der Waals surface area contributed by atoms with Crippen LogP contribution < -0.4 is 10.6 Å². The lowest BCUT2D eigenvalue weighted by molar-refractivity contribution is -0.157. The topological polar surface area (TPSA) is 102 Å². The van der Waals surface area contributed by atoms with Crippen LogP contribution in [-0.4, -0.2) is 42.3 Å². The van der Waals surface area contributed by atoms with Crippen LogP contribution in [0.3, 0.4) is 0 Å². The van der Waals surface area contributed by atoms with E-state index in [2.05, 4.69) is 10.6 Å². The second-order valence-electron chi connectivity index (χ2n) is 12.0. The molecule has 7 nitrogen and oxygen atoms in total. The molecule has 230 valence electrons. The standard InChI is InChI=1S/C36H46N2O5/c1-24(2)20-30-23-31(39)18-19-37-35(41)32(22-29-17-14-25(3)27(5)21-29)38-34(40)13-9-12-33(43-36(30)42)26(4)15-16-28-10-7-6-8-11-28/h6-11,13-17,21,24,26,30,32-33H,12,18-20,22-23H2,1-5H3,(H,37,41)(H,38,40)/b13-9+,16-15+/t26-,30-,32-,33+/m1/s1. The summed E-state index contributed by atoms with van der Waals surface area (Å²) in [6.07, 6.45) is 7.82. The molecule has 0 saturated carbocycles. The summed E-state index contributed by atoms with van der Waals surface area (Å²) in [5, 5.41) is 5.63. The van der Waals surface area contributed by atoms with Crippen molar-refractivity contribution in [3.63, 3.8) is 0 Å². The highest BCUT2D eigenvalue weighted by Crippen LogP contribution is 2.23. The number of benzene rings is 2. The Bertz CT molecular complexity index is 1310. The second kappa shape index (κ2) is 16.6. The van der Waals surface area contributed by atoms with E-state index < -0.39 is 29.9 Å². The lowest BCUT2D eigenvalue weighted by atomic mass is 9.91. The normalized spacial score (nSPS) is 22.6. The Labute approximate surface area is 256 Å². The molecule has 0 bridgehead atoms. The maximum absolute atomic E-state index is 13.4. The molecule has 43 heavy (non-hydrogen) atoms. The van der Waals surface area contributed by atoms with Gasteiger partial charge in [-0.2, -0.15) is 0 Å². The van der Waals surface area contributed by atoms with Gasteiger partial charge in [-0.15, -0.1) is 0 Å². The molecule has 0 radical (unpaired) electrons.